The lowest BCUT2D eigenvalue weighted by atomic mass is 10.1. The van der Waals surface area contributed by atoms with E-state index in [2.05, 4.69) is 22.7 Å². The van der Waals surface area contributed by atoms with Gasteiger partial charge in [0, 0.05) is 30.2 Å². The van der Waals surface area contributed by atoms with Crippen LogP contribution in [0.4, 0.5) is 5.88 Å². The molecule has 0 unspecified atom stereocenters. The van der Waals surface area contributed by atoms with E-state index in [4.69, 9.17) is 4.52 Å². The number of aryl methyl sites for hydroxylation is 1. The Morgan fingerprint density at radius 3 is 2.50 bits per heavy atom. The molecule has 0 saturated heterocycles. The Morgan fingerprint density at radius 2 is 1.79 bits per heavy atom. The molecule has 3 aromatic rings. The van der Waals surface area contributed by atoms with Crippen molar-refractivity contribution in [3.63, 3.8) is 0 Å². The summed E-state index contributed by atoms with van der Waals surface area (Å²) in [6.07, 6.45) is 1.78. The highest BCUT2D eigenvalue weighted by Crippen LogP contribution is 2.22. The summed E-state index contributed by atoms with van der Waals surface area (Å²) in [5.41, 5.74) is 3.46. The second kappa shape index (κ2) is 9.50. The zero-order chi connectivity index (χ0) is 19.8. The fraction of sp³-hybridized carbons (Fsp3) is 0.227. The summed E-state index contributed by atoms with van der Waals surface area (Å²) < 4.78 is 5.20. The Morgan fingerprint density at radius 1 is 1.04 bits per heavy atom. The highest BCUT2D eigenvalue weighted by molar-refractivity contribution is 5.94. The molecule has 144 valence electrons. The monoisotopic (exact) mass is 377 g/mol. The Balaban J connectivity index is 1.42. The highest BCUT2D eigenvalue weighted by atomic mass is 16.5. The van der Waals surface area contributed by atoms with E-state index in [-0.39, 0.29) is 18.2 Å². The largest absolute Gasteiger partial charge is 0.352 e. The molecule has 28 heavy (non-hydrogen) atoms. The van der Waals surface area contributed by atoms with Crippen LogP contribution in [0.2, 0.25) is 0 Å². The molecule has 2 aromatic carbocycles. The number of rotatable bonds is 8. The van der Waals surface area contributed by atoms with E-state index in [0.717, 1.165) is 12.0 Å². The Kier molecular flexibility index (Phi) is 6.57. The third-order valence-corrected chi connectivity index (χ3v) is 4.33. The molecule has 0 aliphatic heterocycles. The molecule has 6 heteroatoms. The number of nitrogens with one attached hydrogen (secondary N) is 2. The van der Waals surface area contributed by atoms with Gasteiger partial charge in [-0.15, -0.1) is 0 Å². The van der Waals surface area contributed by atoms with Gasteiger partial charge in [-0.05, 0) is 30.5 Å². The molecule has 0 saturated carbocycles. The summed E-state index contributed by atoms with van der Waals surface area (Å²) in [7, 11) is 0. The molecular weight excluding hydrogens is 354 g/mol. The Hall–Kier alpha value is -3.41. The zero-order valence-corrected chi connectivity index (χ0v) is 15.8. The molecule has 0 fully saturated rings. The lowest BCUT2D eigenvalue weighted by Gasteiger charge is -2.05. The van der Waals surface area contributed by atoms with Crippen LogP contribution in [0.25, 0.3) is 11.3 Å². The van der Waals surface area contributed by atoms with Crippen LogP contribution in [0.3, 0.4) is 0 Å². The van der Waals surface area contributed by atoms with Crippen molar-refractivity contribution >= 4 is 17.7 Å². The first kappa shape index (κ1) is 19.4. The standard InChI is InChI=1S/C22H23N3O3/c1-2-16-10-12-17(13-11-16)19-15-21(28-25-19)24-20(26)9-6-14-23-22(27)18-7-4-3-5-8-18/h3-5,7-8,10-13,15H,2,6,9,14H2,1H3,(H,23,27)(H,24,26). The molecule has 6 nitrogen and oxygen atoms in total. The normalized spacial score (nSPS) is 10.5. The number of aromatic nitrogens is 1. The van der Waals surface area contributed by atoms with Gasteiger partial charge in [0.25, 0.3) is 5.91 Å². The van der Waals surface area contributed by atoms with E-state index in [1.54, 1.807) is 18.2 Å². The third kappa shape index (κ3) is 5.30. The van der Waals surface area contributed by atoms with E-state index in [0.29, 0.717) is 30.1 Å². The fourth-order valence-corrected chi connectivity index (χ4v) is 2.72. The zero-order valence-electron chi connectivity index (χ0n) is 15.8. The van der Waals surface area contributed by atoms with Gasteiger partial charge in [0.15, 0.2) is 0 Å². The van der Waals surface area contributed by atoms with Gasteiger partial charge >= 0.3 is 0 Å². The predicted octanol–water partition coefficient (Wildman–Crippen LogP) is 4.05. The van der Waals surface area contributed by atoms with Crippen LogP contribution in [-0.2, 0) is 11.2 Å². The van der Waals surface area contributed by atoms with Crippen molar-refractivity contribution in [3.05, 3.63) is 71.8 Å². The van der Waals surface area contributed by atoms with Gasteiger partial charge in [0.1, 0.15) is 5.69 Å². The summed E-state index contributed by atoms with van der Waals surface area (Å²) in [6.45, 7) is 2.53. The number of hydrogen-bond donors (Lipinski definition) is 2. The topological polar surface area (TPSA) is 84.2 Å². The van der Waals surface area contributed by atoms with Crippen molar-refractivity contribution in [1.29, 1.82) is 0 Å². The van der Waals surface area contributed by atoms with E-state index in [1.165, 1.54) is 5.56 Å². The first-order valence-corrected chi connectivity index (χ1v) is 9.35. The molecule has 0 radical (unpaired) electrons. The van der Waals surface area contributed by atoms with Gasteiger partial charge in [-0.25, -0.2) is 0 Å². The number of carbonyl (C=O) groups excluding carboxylic acids is 2. The maximum atomic E-state index is 12.0. The molecule has 1 aromatic heterocycles. The number of amides is 2. The van der Waals surface area contributed by atoms with Gasteiger partial charge < -0.3 is 9.84 Å². The van der Waals surface area contributed by atoms with Gasteiger partial charge in [0.05, 0.1) is 0 Å². The molecule has 1 heterocycles. The fourth-order valence-electron chi connectivity index (χ4n) is 2.72. The quantitative estimate of drug-likeness (QED) is 0.580. The average molecular weight is 377 g/mol. The van der Waals surface area contributed by atoms with Crippen LogP contribution in [0, 0.1) is 0 Å². The van der Waals surface area contributed by atoms with Crippen LogP contribution in [-0.4, -0.2) is 23.5 Å². The van der Waals surface area contributed by atoms with E-state index in [1.807, 2.05) is 42.5 Å². The molecule has 0 spiro atoms. The number of benzene rings is 2. The number of anilines is 1. The number of nitrogens with zero attached hydrogens (tertiary/aromatic N) is 1. The molecule has 0 atom stereocenters. The molecule has 2 N–H and O–H groups in total. The van der Waals surface area contributed by atoms with Crippen molar-refractivity contribution in [1.82, 2.24) is 10.5 Å². The molecule has 0 aliphatic rings. The summed E-state index contributed by atoms with van der Waals surface area (Å²) in [5.74, 6) is -0.0131. The summed E-state index contributed by atoms with van der Waals surface area (Å²) in [4.78, 5) is 24.0. The molecule has 3 rings (SSSR count). The highest BCUT2D eigenvalue weighted by Gasteiger charge is 2.10. The number of carbonyl (C=O) groups is 2. The van der Waals surface area contributed by atoms with Gasteiger partial charge in [-0.1, -0.05) is 54.5 Å². The Labute approximate surface area is 163 Å². The summed E-state index contributed by atoms with van der Waals surface area (Å²) in [5, 5.41) is 9.49. The van der Waals surface area contributed by atoms with Crippen LogP contribution < -0.4 is 10.6 Å². The van der Waals surface area contributed by atoms with Crippen molar-refractivity contribution in [2.75, 3.05) is 11.9 Å². The molecule has 2 amide bonds. The smallest absolute Gasteiger partial charge is 0.251 e. The Bertz CT molecular complexity index is 918. The lowest BCUT2D eigenvalue weighted by molar-refractivity contribution is -0.116. The summed E-state index contributed by atoms with van der Waals surface area (Å²) in [6, 6.07) is 18.7. The van der Waals surface area contributed by atoms with Crippen LogP contribution in [0.15, 0.2) is 65.2 Å². The first-order chi connectivity index (χ1) is 13.7. The van der Waals surface area contributed by atoms with Crippen molar-refractivity contribution in [3.8, 4) is 11.3 Å². The van der Waals surface area contributed by atoms with Crippen LogP contribution in [0.1, 0.15) is 35.7 Å². The van der Waals surface area contributed by atoms with Gasteiger partial charge in [-0.3, -0.25) is 14.9 Å². The lowest BCUT2D eigenvalue weighted by Crippen LogP contribution is -2.25. The summed E-state index contributed by atoms with van der Waals surface area (Å²) >= 11 is 0. The maximum absolute atomic E-state index is 12.0. The second-order valence-corrected chi connectivity index (χ2v) is 6.40. The number of hydrogen-bond acceptors (Lipinski definition) is 4. The molecule has 0 bridgehead atoms. The van der Waals surface area contributed by atoms with Crippen molar-refractivity contribution in [2.24, 2.45) is 0 Å². The van der Waals surface area contributed by atoms with E-state index < -0.39 is 0 Å². The minimum Gasteiger partial charge on any atom is -0.352 e. The van der Waals surface area contributed by atoms with E-state index in [9.17, 15) is 9.59 Å². The van der Waals surface area contributed by atoms with Crippen LogP contribution >= 0.6 is 0 Å². The van der Waals surface area contributed by atoms with Crippen LogP contribution in [0.5, 0.6) is 0 Å². The minimum atomic E-state index is -0.182. The third-order valence-electron chi connectivity index (χ3n) is 4.33. The average Bonchev–Trinajstić information content (AvgIpc) is 3.20. The first-order valence-electron chi connectivity index (χ1n) is 9.35. The van der Waals surface area contributed by atoms with Gasteiger partial charge in [-0.2, -0.15) is 0 Å². The molecule has 0 aliphatic carbocycles. The minimum absolute atomic E-state index is 0.144. The van der Waals surface area contributed by atoms with E-state index >= 15 is 0 Å². The van der Waals surface area contributed by atoms with Crippen molar-refractivity contribution < 1.29 is 14.1 Å². The molecular formula is C22H23N3O3. The second-order valence-electron chi connectivity index (χ2n) is 6.40. The predicted molar refractivity (Wildman–Crippen MR) is 108 cm³/mol. The van der Waals surface area contributed by atoms with Crippen molar-refractivity contribution in [2.45, 2.75) is 26.2 Å². The maximum Gasteiger partial charge on any atom is 0.251 e. The SMILES string of the molecule is CCc1ccc(-c2cc(NC(=O)CCCNC(=O)c3ccccc3)on2)cc1. The van der Waals surface area contributed by atoms with Gasteiger partial charge in [0.2, 0.25) is 11.8 Å².